The molecule has 0 aromatic heterocycles. The van der Waals surface area contributed by atoms with E-state index in [9.17, 15) is 8.78 Å². The van der Waals surface area contributed by atoms with Crippen molar-refractivity contribution in [2.45, 2.75) is 31.6 Å². The van der Waals surface area contributed by atoms with Crippen LogP contribution in [0, 0.1) is 5.92 Å². The number of alkyl halides is 2. The average molecular weight is 256 g/mol. The van der Waals surface area contributed by atoms with Gasteiger partial charge in [-0.05, 0) is 30.9 Å². The molecule has 0 bridgehead atoms. The average Bonchev–Trinajstić information content (AvgIpc) is 2.33. The van der Waals surface area contributed by atoms with Crippen LogP contribution in [0.1, 0.15) is 25.7 Å². The predicted molar refractivity (Wildman–Crippen MR) is 67.7 cm³/mol. The number of nitrogens with two attached hydrogens (primary N) is 2. The molecule has 100 valence electrons. The number of para-hydroxylation sites is 1. The fourth-order valence-corrected chi connectivity index (χ4v) is 2.16. The molecule has 0 amide bonds. The van der Waals surface area contributed by atoms with Crippen molar-refractivity contribution in [1.82, 2.24) is 0 Å². The van der Waals surface area contributed by atoms with Gasteiger partial charge in [-0.15, -0.1) is 0 Å². The van der Waals surface area contributed by atoms with E-state index in [2.05, 4.69) is 0 Å². The largest absolute Gasteiger partial charge is 0.491 e. The lowest BCUT2D eigenvalue weighted by Crippen LogP contribution is -2.27. The van der Waals surface area contributed by atoms with E-state index in [1.807, 2.05) is 0 Å². The van der Waals surface area contributed by atoms with Crippen molar-refractivity contribution in [2.24, 2.45) is 5.92 Å². The van der Waals surface area contributed by atoms with Gasteiger partial charge in [0.15, 0.2) is 0 Å². The van der Waals surface area contributed by atoms with E-state index in [0.29, 0.717) is 36.6 Å². The van der Waals surface area contributed by atoms with E-state index >= 15 is 0 Å². The van der Waals surface area contributed by atoms with E-state index < -0.39 is 5.92 Å². The van der Waals surface area contributed by atoms with Crippen molar-refractivity contribution >= 4 is 11.4 Å². The highest BCUT2D eigenvalue weighted by Crippen LogP contribution is 2.36. The first kappa shape index (κ1) is 12.9. The predicted octanol–water partition coefficient (Wildman–Crippen LogP) is 3.06. The monoisotopic (exact) mass is 256 g/mol. The number of rotatable bonds is 3. The Morgan fingerprint density at radius 1 is 1.22 bits per heavy atom. The molecule has 3 nitrogen and oxygen atoms in total. The van der Waals surface area contributed by atoms with Gasteiger partial charge in [-0.1, -0.05) is 6.07 Å². The lowest BCUT2D eigenvalue weighted by molar-refractivity contribution is -0.0498. The number of ether oxygens (including phenoxy) is 1. The molecule has 4 N–H and O–H groups in total. The summed E-state index contributed by atoms with van der Waals surface area (Å²) in [5.74, 6) is -1.79. The number of hydrogen-bond acceptors (Lipinski definition) is 3. The van der Waals surface area contributed by atoms with Gasteiger partial charge in [0.1, 0.15) is 5.75 Å². The van der Waals surface area contributed by atoms with E-state index in [4.69, 9.17) is 16.2 Å². The minimum Gasteiger partial charge on any atom is -0.491 e. The molecule has 1 aliphatic carbocycles. The Labute approximate surface area is 105 Å². The molecule has 2 rings (SSSR count). The van der Waals surface area contributed by atoms with Gasteiger partial charge in [0.05, 0.1) is 18.0 Å². The Balaban J connectivity index is 1.87. The minimum absolute atomic E-state index is 0.0482. The molecule has 0 spiro atoms. The molecule has 1 aromatic rings. The van der Waals surface area contributed by atoms with Crippen LogP contribution in [0.5, 0.6) is 5.75 Å². The van der Waals surface area contributed by atoms with Gasteiger partial charge in [0.25, 0.3) is 0 Å². The molecule has 0 heterocycles. The van der Waals surface area contributed by atoms with Crippen LogP contribution in [-0.4, -0.2) is 12.5 Å². The quantitative estimate of drug-likeness (QED) is 0.817. The lowest BCUT2D eigenvalue weighted by Gasteiger charge is -2.28. The van der Waals surface area contributed by atoms with Gasteiger partial charge in [-0.2, -0.15) is 0 Å². The van der Waals surface area contributed by atoms with Crippen LogP contribution in [-0.2, 0) is 0 Å². The molecule has 1 aliphatic rings. The molecule has 18 heavy (non-hydrogen) atoms. The molecular formula is C13H18F2N2O. The molecule has 0 unspecified atom stereocenters. The zero-order valence-electron chi connectivity index (χ0n) is 10.2. The Morgan fingerprint density at radius 2 is 1.89 bits per heavy atom. The number of benzene rings is 1. The molecular weight excluding hydrogens is 238 g/mol. The second-order valence-electron chi connectivity index (χ2n) is 4.87. The lowest BCUT2D eigenvalue weighted by atomic mass is 9.87. The summed E-state index contributed by atoms with van der Waals surface area (Å²) in [7, 11) is 0. The second-order valence-corrected chi connectivity index (χ2v) is 4.87. The number of halogens is 2. The summed E-state index contributed by atoms with van der Waals surface area (Å²) in [5.41, 5.74) is 12.3. The van der Waals surface area contributed by atoms with Crippen LogP contribution in [0.25, 0.3) is 0 Å². The molecule has 0 aliphatic heterocycles. The third kappa shape index (κ3) is 3.03. The number of nitrogen functional groups attached to an aromatic ring is 2. The Kier molecular flexibility index (Phi) is 3.59. The highest BCUT2D eigenvalue weighted by molar-refractivity contribution is 5.70. The SMILES string of the molecule is Nc1cccc(OCC2CCC(F)(F)CC2)c1N. The molecule has 0 saturated heterocycles. The van der Waals surface area contributed by atoms with E-state index in [1.165, 1.54) is 0 Å². The smallest absolute Gasteiger partial charge is 0.248 e. The van der Waals surface area contributed by atoms with Crippen LogP contribution < -0.4 is 16.2 Å². The van der Waals surface area contributed by atoms with Gasteiger partial charge >= 0.3 is 0 Å². The van der Waals surface area contributed by atoms with E-state index in [1.54, 1.807) is 18.2 Å². The van der Waals surface area contributed by atoms with Gasteiger partial charge in [0, 0.05) is 12.8 Å². The van der Waals surface area contributed by atoms with Crippen molar-refractivity contribution in [2.75, 3.05) is 18.1 Å². The summed E-state index contributed by atoms with van der Waals surface area (Å²) in [6.07, 6.45) is 0.894. The molecule has 1 saturated carbocycles. The molecule has 5 heteroatoms. The number of hydrogen-bond donors (Lipinski definition) is 2. The normalized spacial score (nSPS) is 19.7. The van der Waals surface area contributed by atoms with Gasteiger partial charge in [-0.3, -0.25) is 0 Å². The highest BCUT2D eigenvalue weighted by atomic mass is 19.3. The first-order chi connectivity index (χ1) is 8.48. The van der Waals surface area contributed by atoms with Crippen molar-refractivity contribution in [1.29, 1.82) is 0 Å². The summed E-state index contributed by atoms with van der Waals surface area (Å²) in [5, 5.41) is 0. The van der Waals surface area contributed by atoms with E-state index in [0.717, 1.165) is 0 Å². The third-order valence-electron chi connectivity index (χ3n) is 3.41. The Bertz CT molecular complexity index is 413. The number of anilines is 2. The van der Waals surface area contributed by atoms with Gasteiger partial charge in [-0.25, -0.2) is 8.78 Å². The zero-order valence-corrected chi connectivity index (χ0v) is 10.2. The second kappa shape index (κ2) is 5.00. The maximum atomic E-state index is 13.0. The van der Waals surface area contributed by atoms with Gasteiger partial charge in [0.2, 0.25) is 5.92 Å². The molecule has 0 radical (unpaired) electrons. The summed E-state index contributed by atoms with van der Waals surface area (Å²) < 4.78 is 31.5. The summed E-state index contributed by atoms with van der Waals surface area (Å²) in [6.45, 7) is 0.420. The van der Waals surface area contributed by atoms with Crippen LogP contribution in [0.4, 0.5) is 20.2 Å². The van der Waals surface area contributed by atoms with Crippen molar-refractivity contribution in [3.05, 3.63) is 18.2 Å². The maximum absolute atomic E-state index is 13.0. The third-order valence-corrected chi connectivity index (χ3v) is 3.41. The molecule has 0 atom stereocenters. The fourth-order valence-electron chi connectivity index (χ4n) is 2.16. The topological polar surface area (TPSA) is 61.3 Å². The van der Waals surface area contributed by atoms with Crippen molar-refractivity contribution < 1.29 is 13.5 Å². The van der Waals surface area contributed by atoms with Crippen LogP contribution in [0.3, 0.4) is 0 Å². The van der Waals surface area contributed by atoms with Crippen molar-refractivity contribution in [3.8, 4) is 5.75 Å². The molecule has 1 aromatic carbocycles. The van der Waals surface area contributed by atoms with Gasteiger partial charge < -0.3 is 16.2 Å². The van der Waals surface area contributed by atoms with Crippen molar-refractivity contribution in [3.63, 3.8) is 0 Å². The molecule has 1 fully saturated rings. The fraction of sp³-hybridized carbons (Fsp3) is 0.538. The highest BCUT2D eigenvalue weighted by Gasteiger charge is 2.35. The Morgan fingerprint density at radius 3 is 2.56 bits per heavy atom. The zero-order chi connectivity index (χ0) is 13.2. The summed E-state index contributed by atoms with van der Waals surface area (Å²) in [6, 6.07) is 5.20. The summed E-state index contributed by atoms with van der Waals surface area (Å²) >= 11 is 0. The van der Waals surface area contributed by atoms with Crippen LogP contribution in [0.2, 0.25) is 0 Å². The first-order valence-electron chi connectivity index (χ1n) is 6.12. The first-order valence-corrected chi connectivity index (χ1v) is 6.12. The Hall–Kier alpha value is -1.52. The minimum atomic E-state index is -2.49. The van der Waals surface area contributed by atoms with Crippen LogP contribution >= 0.6 is 0 Å². The summed E-state index contributed by atoms with van der Waals surface area (Å²) in [4.78, 5) is 0. The maximum Gasteiger partial charge on any atom is 0.248 e. The van der Waals surface area contributed by atoms with Crippen LogP contribution in [0.15, 0.2) is 18.2 Å². The standard InChI is InChI=1S/C13H18F2N2O/c14-13(15)6-4-9(5-7-13)8-18-11-3-1-2-10(16)12(11)17/h1-3,9H,4-8,16-17H2. The van der Waals surface area contributed by atoms with E-state index in [-0.39, 0.29) is 18.8 Å².